The number of rotatable bonds is 6. The summed E-state index contributed by atoms with van der Waals surface area (Å²) < 4.78 is 19.5. The van der Waals surface area contributed by atoms with E-state index >= 15 is 0 Å². The van der Waals surface area contributed by atoms with Gasteiger partial charge in [-0.15, -0.1) is 0 Å². The first-order valence-electron chi connectivity index (χ1n) is 10.5. The molecule has 1 heterocycles. The number of ether oxygens (including phenoxy) is 1. The Kier molecular flexibility index (Phi) is 6.33. The van der Waals surface area contributed by atoms with Gasteiger partial charge in [-0.05, 0) is 49.5 Å². The number of esters is 1. The summed E-state index contributed by atoms with van der Waals surface area (Å²) >= 11 is 0. The molecule has 7 heteroatoms. The molecule has 0 spiro atoms. The van der Waals surface area contributed by atoms with Gasteiger partial charge in [0.25, 0.3) is 0 Å². The number of amides is 1. The molecule has 1 atom stereocenters. The summed E-state index contributed by atoms with van der Waals surface area (Å²) in [6, 6.07) is 19.1. The van der Waals surface area contributed by atoms with Crippen molar-refractivity contribution in [2.24, 2.45) is 4.99 Å². The van der Waals surface area contributed by atoms with Crippen LogP contribution in [0.4, 0.5) is 15.8 Å². The smallest absolute Gasteiger partial charge is 0.337 e. The van der Waals surface area contributed by atoms with Gasteiger partial charge < -0.3 is 15.0 Å². The van der Waals surface area contributed by atoms with Gasteiger partial charge in [-0.1, -0.05) is 42.5 Å². The predicted octanol–water partition coefficient (Wildman–Crippen LogP) is 4.53. The highest BCUT2D eigenvalue weighted by Gasteiger charge is 2.36. The van der Waals surface area contributed by atoms with Crippen LogP contribution in [0.15, 0.2) is 71.7 Å². The second-order valence-electron chi connectivity index (χ2n) is 8.09. The molecule has 0 fully saturated rings. The lowest BCUT2D eigenvalue weighted by atomic mass is 9.90. The summed E-state index contributed by atoms with van der Waals surface area (Å²) in [4.78, 5) is 31.6. The van der Waals surface area contributed by atoms with Crippen molar-refractivity contribution in [3.8, 4) is 0 Å². The first kappa shape index (κ1) is 22.4. The standard InChI is InChI=1S/C26H24FN3O3/c1-30(2)15-18-9-11-19(14-21(18)27)28-24(16-7-5-4-6-8-16)23-20-12-10-17(26(32)33-3)13-22(20)29-25(23)31/h4-14,23H,15H2,1-3H3,(H,29,31). The first-order chi connectivity index (χ1) is 15.9. The zero-order valence-corrected chi connectivity index (χ0v) is 18.6. The maximum absolute atomic E-state index is 14.7. The van der Waals surface area contributed by atoms with Crippen LogP contribution >= 0.6 is 0 Å². The van der Waals surface area contributed by atoms with Crippen molar-refractivity contribution in [3.05, 3.63) is 94.8 Å². The summed E-state index contributed by atoms with van der Waals surface area (Å²) in [5, 5.41) is 2.84. The molecule has 33 heavy (non-hydrogen) atoms. The topological polar surface area (TPSA) is 71.0 Å². The Bertz CT molecular complexity index is 1240. The van der Waals surface area contributed by atoms with E-state index in [1.807, 2.05) is 49.3 Å². The molecule has 4 rings (SSSR count). The molecule has 0 radical (unpaired) electrons. The fraction of sp³-hybridized carbons (Fsp3) is 0.192. The molecule has 6 nitrogen and oxygen atoms in total. The number of fused-ring (bicyclic) bond motifs is 1. The number of carbonyl (C=O) groups is 2. The fourth-order valence-corrected chi connectivity index (χ4v) is 3.90. The summed E-state index contributed by atoms with van der Waals surface area (Å²) in [5.74, 6) is -1.81. The highest BCUT2D eigenvalue weighted by Crippen LogP contribution is 2.37. The summed E-state index contributed by atoms with van der Waals surface area (Å²) in [5.41, 5.74) is 3.80. The molecule has 0 aliphatic carbocycles. The molecule has 1 N–H and O–H groups in total. The molecule has 1 aliphatic rings. The van der Waals surface area contributed by atoms with Crippen LogP contribution in [0.5, 0.6) is 0 Å². The molecule has 0 saturated carbocycles. The van der Waals surface area contributed by atoms with Crippen molar-refractivity contribution >= 4 is 29.0 Å². The minimum absolute atomic E-state index is 0.265. The minimum atomic E-state index is -0.710. The van der Waals surface area contributed by atoms with Gasteiger partial charge in [0, 0.05) is 17.8 Å². The van der Waals surface area contributed by atoms with Crippen LogP contribution in [-0.4, -0.2) is 43.7 Å². The van der Waals surface area contributed by atoms with E-state index in [9.17, 15) is 14.0 Å². The Morgan fingerprint density at radius 2 is 1.82 bits per heavy atom. The van der Waals surface area contributed by atoms with Gasteiger partial charge in [0.2, 0.25) is 5.91 Å². The lowest BCUT2D eigenvalue weighted by molar-refractivity contribution is -0.115. The quantitative estimate of drug-likeness (QED) is 0.447. The lowest BCUT2D eigenvalue weighted by Crippen LogP contribution is -2.22. The van der Waals surface area contributed by atoms with Crippen molar-refractivity contribution < 1.29 is 18.7 Å². The van der Waals surface area contributed by atoms with E-state index in [2.05, 4.69) is 5.32 Å². The minimum Gasteiger partial charge on any atom is -0.465 e. The van der Waals surface area contributed by atoms with E-state index in [0.717, 1.165) is 5.56 Å². The van der Waals surface area contributed by atoms with Crippen LogP contribution in [-0.2, 0) is 16.1 Å². The number of halogens is 1. The molecular weight excluding hydrogens is 421 g/mol. The maximum atomic E-state index is 14.7. The third kappa shape index (κ3) is 4.68. The van der Waals surface area contributed by atoms with Crippen molar-refractivity contribution in [2.75, 3.05) is 26.5 Å². The number of hydrogen-bond acceptors (Lipinski definition) is 5. The zero-order chi connectivity index (χ0) is 23.5. The van der Waals surface area contributed by atoms with Crippen LogP contribution < -0.4 is 5.32 Å². The monoisotopic (exact) mass is 445 g/mol. The average molecular weight is 445 g/mol. The Morgan fingerprint density at radius 3 is 2.48 bits per heavy atom. The SMILES string of the molecule is COC(=O)c1ccc2c(c1)NC(=O)C2C(=Nc1ccc(CN(C)C)c(F)c1)c1ccccc1. The molecule has 1 unspecified atom stereocenters. The molecule has 0 saturated heterocycles. The van der Waals surface area contributed by atoms with Gasteiger partial charge in [0.05, 0.1) is 24.1 Å². The van der Waals surface area contributed by atoms with Gasteiger partial charge in [-0.3, -0.25) is 9.79 Å². The number of anilines is 1. The van der Waals surface area contributed by atoms with Gasteiger partial charge in [-0.25, -0.2) is 9.18 Å². The second kappa shape index (κ2) is 9.34. The maximum Gasteiger partial charge on any atom is 0.337 e. The molecule has 1 aliphatic heterocycles. The van der Waals surface area contributed by atoms with Gasteiger partial charge in [-0.2, -0.15) is 0 Å². The van der Waals surface area contributed by atoms with E-state index in [0.29, 0.717) is 40.3 Å². The second-order valence-corrected chi connectivity index (χ2v) is 8.09. The lowest BCUT2D eigenvalue weighted by Gasteiger charge is -2.15. The Hall–Kier alpha value is -3.84. The molecule has 3 aromatic carbocycles. The summed E-state index contributed by atoms with van der Waals surface area (Å²) in [7, 11) is 5.06. The normalized spacial score (nSPS) is 15.4. The Labute approximate surface area is 191 Å². The van der Waals surface area contributed by atoms with Gasteiger partial charge in [0.1, 0.15) is 11.7 Å². The van der Waals surface area contributed by atoms with Crippen molar-refractivity contribution in [3.63, 3.8) is 0 Å². The number of methoxy groups -OCH3 is 1. The number of benzene rings is 3. The average Bonchev–Trinajstić information content (AvgIpc) is 3.13. The molecule has 3 aromatic rings. The van der Waals surface area contributed by atoms with Crippen molar-refractivity contribution in [1.29, 1.82) is 0 Å². The van der Waals surface area contributed by atoms with Crippen LogP contribution in [0.3, 0.4) is 0 Å². The van der Waals surface area contributed by atoms with Gasteiger partial charge in [0.15, 0.2) is 0 Å². The summed E-state index contributed by atoms with van der Waals surface area (Å²) in [6.07, 6.45) is 0. The number of aliphatic imine (C=N–C) groups is 1. The van der Waals surface area contributed by atoms with Crippen molar-refractivity contribution in [2.45, 2.75) is 12.5 Å². The number of hydrogen-bond donors (Lipinski definition) is 1. The molecule has 0 bridgehead atoms. The third-order valence-corrected chi connectivity index (χ3v) is 5.42. The highest BCUT2D eigenvalue weighted by atomic mass is 19.1. The van der Waals surface area contributed by atoms with Crippen LogP contribution in [0.1, 0.15) is 33.0 Å². The zero-order valence-electron chi connectivity index (χ0n) is 18.6. The number of nitrogens with one attached hydrogen (secondary N) is 1. The number of carbonyl (C=O) groups excluding carboxylic acids is 2. The summed E-state index contributed by atoms with van der Waals surface area (Å²) in [6.45, 7) is 0.475. The predicted molar refractivity (Wildman–Crippen MR) is 126 cm³/mol. The van der Waals surface area contributed by atoms with E-state index in [1.54, 1.807) is 30.3 Å². The molecule has 1 amide bonds. The Morgan fingerprint density at radius 1 is 1.06 bits per heavy atom. The van der Waals surface area contributed by atoms with Crippen LogP contribution in [0.2, 0.25) is 0 Å². The van der Waals surface area contributed by atoms with E-state index in [-0.39, 0.29) is 11.7 Å². The Balaban J connectivity index is 1.80. The van der Waals surface area contributed by atoms with Crippen molar-refractivity contribution in [1.82, 2.24) is 4.90 Å². The molecule has 0 aromatic heterocycles. The van der Waals surface area contributed by atoms with E-state index in [4.69, 9.17) is 9.73 Å². The third-order valence-electron chi connectivity index (χ3n) is 5.42. The van der Waals surface area contributed by atoms with Crippen LogP contribution in [0.25, 0.3) is 0 Å². The molecular formula is C26H24FN3O3. The first-order valence-corrected chi connectivity index (χ1v) is 10.5. The largest absolute Gasteiger partial charge is 0.465 e. The van der Waals surface area contributed by atoms with Gasteiger partial charge >= 0.3 is 5.97 Å². The fourth-order valence-electron chi connectivity index (χ4n) is 3.90. The van der Waals surface area contributed by atoms with Crippen LogP contribution in [0, 0.1) is 5.82 Å². The highest BCUT2D eigenvalue weighted by molar-refractivity contribution is 6.24. The van der Waals surface area contributed by atoms with E-state index in [1.165, 1.54) is 13.2 Å². The molecule has 168 valence electrons. The van der Waals surface area contributed by atoms with E-state index < -0.39 is 11.9 Å². The number of nitrogens with zero attached hydrogens (tertiary/aromatic N) is 2.